The van der Waals surface area contributed by atoms with E-state index in [4.69, 9.17) is 4.74 Å². The van der Waals surface area contributed by atoms with E-state index in [9.17, 15) is 30.0 Å². The minimum absolute atomic E-state index is 0.0972. The number of esters is 1. The van der Waals surface area contributed by atoms with Crippen molar-refractivity contribution in [1.29, 1.82) is 0 Å². The molecule has 4 rings (SSSR count). The molecular formula is C26H36O7. The summed E-state index contributed by atoms with van der Waals surface area (Å²) in [6.45, 7) is 11.9. The zero-order chi connectivity index (χ0) is 24.9. The molecule has 4 N–H and O–H groups in total. The molecule has 0 heterocycles. The van der Waals surface area contributed by atoms with E-state index in [1.54, 1.807) is 40.7 Å². The summed E-state index contributed by atoms with van der Waals surface area (Å²) in [7, 11) is 0. The van der Waals surface area contributed by atoms with Crippen LogP contribution in [0.15, 0.2) is 34.4 Å². The molecule has 33 heavy (non-hydrogen) atoms. The van der Waals surface area contributed by atoms with Gasteiger partial charge in [0.15, 0.2) is 17.5 Å². The Balaban J connectivity index is 1.92. The van der Waals surface area contributed by atoms with Crippen LogP contribution in [0, 0.1) is 28.6 Å². The average molecular weight is 461 g/mol. The van der Waals surface area contributed by atoms with Gasteiger partial charge in [-0.2, -0.15) is 0 Å². The Bertz CT molecular complexity index is 1020. The molecule has 0 aromatic carbocycles. The fourth-order valence-corrected chi connectivity index (χ4v) is 7.09. The van der Waals surface area contributed by atoms with Gasteiger partial charge in [-0.1, -0.05) is 38.5 Å². The average Bonchev–Trinajstić information content (AvgIpc) is 3.10. The molecule has 0 aromatic rings. The molecule has 2 fully saturated rings. The quantitative estimate of drug-likeness (QED) is 0.288. The number of ether oxygens (including phenoxy) is 1. The number of rotatable bonds is 3. The van der Waals surface area contributed by atoms with Crippen LogP contribution >= 0.6 is 0 Å². The maximum absolute atomic E-state index is 14.3. The van der Waals surface area contributed by atoms with Crippen LogP contribution in [0.25, 0.3) is 0 Å². The molecule has 7 nitrogen and oxygen atoms in total. The van der Waals surface area contributed by atoms with Gasteiger partial charge in [0.2, 0.25) is 0 Å². The van der Waals surface area contributed by atoms with E-state index in [0.29, 0.717) is 11.1 Å². The Labute approximate surface area is 194 Å². The van der Waals surface area contributed by atoms with Crippen LogP contribution in [-0.4, -0.2) is 62.2 Å². The summed E-state index contributed by atoms with van der Waals surface area (Å²) in [6, 6.07) is 0. The van der Waals surface area contributed by atoms with Gasteiger partial charge in [0.05, 0.1) is 17.6 Å². The number of aliphatic hydroxyl groups excluding tert-OH is 2. The Morgan fingerprint density at radius 1 is 1.21 bits per heavy atom. The fourth-order valence-electron chi connectivity index (χ4n) is 7.09. The van der Waals surface area contributed by atoms with Crippen molar-refractivity contribution >= 4 is 11.8 Å². The monoisotopic (exact) mass is 460 g/mol. The highest BCUT2D eigenvalue weighted by Gasteiger charge is 2.81. The molecule has 0 aliphatic heterocycles. The zero-order valence-corrected chi connectivity index (χ0v) is 20.5. The lowest BCUT2D eigenvalue weighted by Crippen LogP contribution is -2.66. The standard InChI is InChI=1S/C26H36O7/c1-12(2)15(5)22(30)33-21-13(3)9-24-14(4)10-25(31)18(23(25,6)7)17(20(24)29)8-16(11-27)19(28)26(21,24)32/h8-9,14,17-19,21,27-28,31-32H,10-11H2,1-7H3/t14-,17+,18-,19-,21+,24+,25+,26+/m1/s1. The third-order valence-electron chi connectivity index (χ3n) is 9.35. The third kappa shape index (κ3) is 2.71. The van der Waals surface area contributed by atoms with E-state index in [-0.39, 0.29) is 17.8 Å². The van der Waals surface area contributed by atoms with Gasteiger partial charge in [0.25, 0.3) is 0 Å². The molecule has 2 bridgehead atoms. The lowest BCUT2D eigenvalue weighted by molar-refractivity contribution is -0.202. The van der Waals surface area contributed by atoms with Gasteiger partial charge in [-0.15, -0.1) is 0 Å². The highest BCUT2D eigenvalue weighted by Crippen LogP contribution is 2.73. The second kappa shape index (κ2) is 7.11. The van der Waals surface area contributed by atoms with Crippen molar-refractivity contribution < 1.29 is 34.8 Å². The van der Waals surface area contributed by atoms with E-state index >= 15 is 0 Å². The molecule has 0 radical (unpaired) electrons. The molecule has 0 amide bonds. The number of hydrogen-bond acceptors (Lipinski definition) is 7. The third-order valence-corrected chi connectivity index (χ3v) is 9.35. The number of fused-ring (bicyclic) bond motifs is 3. The summed E-state index contributed by atoms with van der Waals surface area (Å²) in [6.07, 6.45) is 0.497. The molecule has 7 heteroatoms. The van der Waals surface area contributed by atoms with E-state index in [0.717, 1.165) is 5.57 Å². The molecular weight excluding hydrogens is 424 g/mol. The maximum Gasteiger partial charge on any atom is 0.334 e. The largest absolute Gasteiger partial charge is 0.451 e. The molecule has 0 aromatic heterocycles. The SMILES string of the molecule is CC1=C[C@]23C(=O)[C@@H](C=C(CO)[C@@H](O)[C@]2(O)[C@H]1OC(=O)C(C)=C(C)C)[C@@H]1C(C)(C)[C@]1(O)C[C@H]3C. The van der Waals surface area contributed by atoms with Crippen LogP contribution in [0.2, 0.25) is 0 Å². The number of Topliss-reactive ketones (excluding diaryl/α,β-unsaturated/α-hetero) is 1. The second-order valence-electron chi connectivity index (χ2n) is 11.4. The van der Waals surface area contributed by atoms with Crippen LogP contribution in [0.4, 0.5) is 0 Å². The van der Waals surface area contributed by atoms with E-state index < -0.39 is 64.6 Å². The summed E-state index contributed by atoms with van der Waals surface area (Å²) in [5.74, 6) is -2.71. The van der Waals surface area contributed by atoms with Crippen molar-refractivity contribution in [3.8, 4) is 0 Å². The van der Waals surface area contributed by atoms with Crippen LogP contribution in [0.5, 0.6) is 0 Å². The van der Waals surface area contributed by atoms with Crippen molar-refractivity contribution in [2.45, 2.75) is 78.3 Å². The van der Waals surface area contributed by atoms with Gasteiger partial charge in [-0.3, -0.25) is 4.79 Å². The van der Waals surface area contributed by atoms with E-state index in [1.165, 1.54) is 6.08 Å². The summed E-state index contributed by atoms with van der Waals surface area (Å²) in [5, 5.41) is 45.4. The summed E-state index contributed by atoms with van der Waals surface area (Å²) >= 11 is 0. The van der Waals surface area contributed by atoms with Gasteiger partial charge in [0, 0.05) is 22.8 Å². The maximum atomic E-state index is 14.3. The highest BCUT2D eigenvalue weighted by molar-refractivity contribution is 5.96. The lowest BCUT2D eigenvalue weighted by Gasteiger charge is -2.49. The van der Waals surface area contributed by atoms with Gasteiger partial charge < -0.3 is 25.2 Å². The Morgan fingerprint density at radius 3 is 2.36 bits per heavy atom. The van der Waals surface area contributed by atoms with Crippen LogP contribution in [-0.2, 0) is 14.3 Å². The molecule has 2 saturated carbocycles. The topological polar surface area (TPSA) is 124 Å². The number of allylic oxidation sites excluding steroid dienone is 2. The first-order valence-corrected chi connectivity index (χ1v) is 11.7. The molecule has 0 unspecified atom stereocenters. The lowest BCUT2D eigenvalue weighted by atomic mass is 9.59. The van der Waals surface area contributed by atoms with Crippen LogP contribution in [0.3, 0.4) is 0 Å². The second-order valence-corrected chi connectivity index (χ2v) is 11.4. The Morgan fingerprint density at radius 2 is 1.82 bits per heavy atom. The van der Waals surface area contributed by atoms with Crippen molar-refractivity contribution in [1.82, 2.24) is 0 Å². The number of aliphatic hydroxyl groups is 4. The van der Waals surface area contributed by atoms with Crippen LogP contribution in [0.1, 0.15) is 54.9 Å². The summed E-state index contributed by atoms with van der Waals surface area (Å²) < 4.78 is 5.77. The molecule has 4 aliphatic carbocycles. The summed E-state index contributed by atoms with van der Waals surface area (Å²) in [4.78, 5) is 27.1. The molecule has 0 saturated heterocycles. The van der Waals surface area contributed by atoms with Crippen molar-refractivity contribution in [2.75, 3.05) is 6.61 Å². The Kier molecular flexibility index (Phi) is 5.24. The van der Waals surface area contributed by atoms with Crippen molar-refractivity contribution in [3.05, 3.63) is 34.4 Å². The Hall–Kier alpha value is -1.80. The highest BCUT2D eigenvalue weighted by atomic mass is 16.6. The van der Waals surface area contributed by atoms with Gasteiger partial charge in [0.1, 0.15) is 6.10 Å². The fraction of sp³-hybridized carbons (Fsp3) is 0.692. The minimum Gasteiger partial charge on any atom is -0.451 e. The number of carbonyl (C=O) groups excluding carboxylic acids is 2. The number of ketones is 1. The van der Waals surface area contributed by atoms with Gasteiger partial charge in [-0.05, 0) is 51.2 Å². The van der Waals surface area contributed by atoms with Gasteiger partial charge >= 0.3 is 5.97 Å². The molecule has 8 atom stereocenters. The predicted octanol–water partition coefficient (Wildman–Crippen LogP) is 1.84. The van der Waals surface area contributed by atoms with E-state index in [2.05, 4.69) is 0 Å². The predicted molar refractivity (Wildman–Crippen MR) is 121 cm³/mol. The molecule has 4 aliphatic rings. The minimum atomic E-state index is -2.22. The molecule has 182 valence electrons. The van der Waals surface area contributed by atoms with Gasteiger partial charge in [-0.25, -0.2) is 4.79 Å². The first kappa shape index (κ1) is 24.3. The first-order chi connectivity index (χ1) is 15.1. The van der Waals surface area contributed by atoms with Crippen LogP contribution < -0.4 is 0 Å². The number of hydrogen-bond donors (Lipinski definition) is 4. The normalized spacial score (nSPS) is 45.1. The molecule has 1 spiro atoms. The van der Waals surface area contributed by atoms with Crippen molar-refractivity contribution in [3.63, 3.8) is 0 Å². The van der Waals surface area contributed by atoms with E-state index in [1.807, 2.05) is 13.8 Å². The number of carbonyl (C=O) groups is 2. The zero-order valence-electron chi connectivity index (χ0n) is 20.5. The van der Waals surface area contributed by atoms with Crippen molar-refractivity contribution in [2.24, 2.45) is 28.6 Å². The first-order valence-electron chi connectivity index (χ1n) is 11.7. The summed E-state index contributed by atoms with van der Waals surface area (Å²) in [5.41, 5.74) is -3.76. The smallest absolute Gasteiger partial charge is 0.334 e.